The number of rotatable bonds is 10. The molecule has 0 unspecified atom stereocenters. The second-order valence-corrected chi connectivity index (χ2v) is 7.31. The van der Waals surface area contributed by atoms with Gasteiger partial charge in [-0.05, 0) is 24.0 Å². The van der Waals surface area contributed by atoms with Gasteiger partial charge >= 0.3 is 0 Å². The molecule has 1 aromatic rings. The minimum atomic E-state index is -3.29. The summed E-state index contributed by atoms with van der Waals surface area (Å²) in [5, 5.41) is 9.14. The Morgan fingerprint density at radius 3 is 2.14 bits per heavy atom. The van der Waals surface area contributed by atoms with Gasteiger partial charge in [-0.15, -0.1) is 0 Å². The maximum absolute atomic E-state index is 12.6. The van der Waals surface area contributed by atoms with Gasteiger partial charge in [0.2, 0.25) is 10.0 Å². The molecule has 0 fully saturated rings. The Morgan fingerprint density at radius 1 is 1.05 bits per heavy atom. The van der Waals surface area contributed by atoms with Gasteiger partial charge in [0.05, 0.1) is 12.4 Å². The van der Waals surface area contributed by atoms with Crippen molar-refractivity contribution in [2.75, 3.05) is 13.1 Å². The molecular formula is C16H27NO3S. The first-order valence-electron chi connectivity index (χ1n) is 7.70. The number of unbranched alkanes of at least 4 members (excludes halogenated alkanes) is 2. The van der Waals surface area contributed by atoms with Crippen molar-refractivity contribution < 1.29 is 13.5 Å². The molecule has 0 spiro atoms. The molecular weight excluding hydrogens is 286 g/mol. The number of nitrogens with zero attached hydrogens (tertiary/aromatic N) is 1. The Labute approximate surface area is 128 Å². The van der Waals surface area contributed by atoms with Crippen LogP contribution < -0.4 is 0 Å². The van der Waals surface area contributed by atoms with Crippen LogP contribution in [0.2, 0.25) is 0 Å². The molecule has 0 bridgehead atoms. The molecule has 1 aromatic carbocycles. The maximum Gasteiger partial charge on any atom is 0.218 e. The van der Waals surface area contributed by atoms with Crippen LogP contribution in [0.3, 0.4) is 0 Å². The molecule has 1 rings (SSSR count). The monoisotopic (exact) mass is 313 g/mol. The first-order valence-corrected chi connectivity index (χ1v) is 9.31. The Balaban J connectivity index is 2.83. The van der Waals surface area contributed by atoms with Crippen molar-refractivity contribution in [2.24, 2.45) is 0 Å². The number of hydrogen-bond donors (Lipinski definition) is 1. The third-order valence-electron chi connectivity index (χ3n) is 3.44. The molecule has 0 aliphatic rings. The van der Waals surface area contributed by atoms with Crippen LogP contribution in [0.1, 0.15) is 50.7 Å². The lowest BCUT2D eigenvalue weighted by atomic mass is 10.1. The third kappa shape index (κ3) is 6.16. The molecule has 0 aromatic heterocycles. The van der Waals surface area contributed by atoms with Crippen molar-refractivity contribution in [3.05, 3.63) is 35.4 Å². The molecule has 0 radical (unpaired) electrons. The standard InChI is InChI=1S/C16H27NO3S/c1-3-5-10-17(11-6-4-2)21(19,20)14-16-9-7-8-15(12-16)13-18/h7-9,12,18H,3-6,10-11,13-14H2,1-2H3. The summed E-state index contributed by atoms with van der Waals surface area (Å²) in [6, 6.07) is 7.14. The van der Waals surface area contributed by atoms with Gasteiger partial charge in [0, 0.05) is 13.1 Å². The van der Waals surface area contributed by atoms with E-state index in [1.54, 1.807) is 28.6 Å². The summed E-state index contributed by atoms with van der Waals surface area (Å²) >= 11 is 0. The van der Waals surface area contributed by atoms with Crippen molar-refractivity contribution in [1.29, 1.82) is 0 Å². The molecule has 0 saturated heterocycles. The van der Waals surface area contributed by atoms with Crippen LogP contribution >= 0.6 is 0 Å². The quantitative estimate of drug-likeness (QED) is 0.722. The number of hydrogen-bond acceptors (Lipinski definition) is 3. The predicted octanol–water partition coefficient (Wildman–Crippen LogP) is 2.91. The molecule has 4 nitrogen and oxygen atoms in total. The summed E-state index contributed by atoms with van der Waals surface area (Å²) in [5.74, 6) is 0.00820. The summed E-state index contributed by atoms with van der Waals surface area (Å²) in [4.78, 5) is 0. The van der Waals surface area contributed by atoms with Gasteiger partial charge in [-0.25, -0.2) is 12.7 Å². The van der Waals surface area contributed by atoms with Gasteiger partial charge in [-0.2, -0.15) is 0 Å². The number of aliphatic hydroxyl groups excluding tert-OH is 1. The van der Waals surface area contributed by atoms with Crippen molar-refractivity contribution in [3.63, 3.8) is 0 Å². The molecule has 21 heavy (non-hydrogen) atoms. The largest absolute Gasteiger partial charge is 0.392 e. The van der Waals surface area contributed by atoms with Crippen LogP contribution in [0.15, 0.2) is 24.3 Å². The highest BCUT2D eigenvalue weighted by atomic mass is 32.2. The van der Waals surface area contributed by atoms with Gasteiger partial charge in [0.1, 0.15) is 0 Å². The van der Waals surface area contributed by atoms with E-state index in [-0.39, 0.29) is 12.4 Å². The number of benzene rings is 1. The summed E-state index contributed by atoms with van der Waals surface area (Å²) in [6.07, 6.45) is 3.75. The van der Waals surface area contributed by atoms with Crippen LogP contribution in [0, 0.1) is 0 Å². The molecule has 0 amide bonds. The van der Waals surface area contributed by atoms with Crippen LogP contribution in [-0.2, 0) is 22.4 Å². The van der Waals surface area contributed by atoms with Gasteiger partial charge in [-0.1, -0.05) is 51.0 Å². The summed E-state index contributed by atoms with van der Waals surface area (Å²) < 4.78 is 26.8. The van der Waals surface area contributed by atoms with Crippen LogP contribution in [0.4, 0.5) is 0 Å². The van der Waals surface area contributed by atoms with Crippen molar-refractivity contribution in [1.82, 2.24) is 4.31 Å². The van der Waals surface area contributed by atoms with Gasteiger partial charge in [0.15, 0.2) is 0 Å². The molecule has 0 aliphatic heterocycles. The first-order chi connectivity index (χ1) is 10.0. The van der Waals surface area contributed by atoms with E-state index < -0.39 is 10.0 Å². The van der Waals surface area contributed by atoms with Crippen molar-refractivity contribution >= 4 is 10.0 Å². The van der Waals surface area contributed by atoms with E-state index in [1.165, 1.54) is 0 Å². The molecule has 5 heteroatoms. The number of sulfonamides is 1. The van der Waals surface area contributed by atoms with Crippen LogP contribution in [0.5, 0.6) is 0 Å². The minimum absolute atomic E-state index is 0.00820. The van der Waals surface area contributed by atoms with Gasteiger partial charge in [0.25, 0.3) is 0 Å². The Bertz CT molecular complexity index is 506. The zero-order valence-corrected chi connectivity index (χ0v) is 13.9. The summed E-state index contributed by atoms with van der Waals surface area (Å²) in [6.45, 7) is 5.25. The maximum atomic E-state index is 12.6. The average Bonchev–Trinajstić information content (AvgIpc) is 2.46. The smallest absolute Gasteiger partial charge is 0.218 e. The highest BCUT2D eigenvalue weighted by molar-refractivity contribution is 7.88. The molecule has 0 aliphatic carbocycles. The fraction of sp³-hybridized carbons (Fsp3) is 0.625. The van der Waals surface area contributed by atoms with E-state index in [0.29, 0.717) is 13.1 Å². The Kier molecular flexibility index (Phi) is 7.93. The number of aliphatic hydroxyl groups is 1. The third-order valence-corrected chi connectivity index (χ3v) is 5.29. The SMILES string of the molecule is CCCCN(CCCC)S(=O)(=O)Cc1cccc(CO)c1. The fourth-order valence-electron chi connectivity index (χ4n) is 2.18. The van der Waals surface area contributed by atoms with E-state index in [0.717, 1.165) is 36.8 Å². The lowest BCUT2D eigenvalue weighted by molar-refractivity contribution is 0.281. The molecule has 0 heterocycles. The highest BCUT2D eigenvalue weighted by Crippen LogP contribution is 2.14. The van der Waals surface area contributed by atoms with E-state index in [9.17, 15) is 8.42 Å². The second kappa shape index (κ2) is 9.18. The highest BCUT2D eigenvalue weighted by Gasteiger charge is 2.21. The van der Waals surface area contributed by atoms with E-state index >= 15 is 0 Å². The van der Waals surface area contributed by atoms with E-state index in [2.05, 4.69) is 13.8 Å². The lowest BCUT2D eigenvalue weighted by Crippen LogP contribution is -2.34. The molecule has 0 atom stereocenters. The van der Waals surface area contributed by atoms with Crippen LogP contribution in [-0.4, -0.2) is 30.9 Å². The van der Waals surface area contributed by atoms with Crippen molar-refractivity contribution in [3.8, 4) is 0 Å². The lowest BCUT2D eigenvalue weighted by Gasteiger charge is -2.22. The summed E-state index contributed by atoms with van der Waals surface area (Å²) in [7, 11) is -3.29. The molecule has 0 saturated carbocycles. The Morgan fingerprint density at radius 2 is 1.62 bits per heavy atom. The van der Waals surface area contributed by atoms with Gasteiger partial charge in [-0.3, -0.25) is 0 Å². The van der Waals surface area contributed by atoms with E-state index in [4.69, 9.17) is 5.11 Å². The first kappa shape index (κ1) is 18.1. The minimum Gasteiger partial charge on any atom is -0.392 e. The predicted molar refractivity (Wildman–Crippen MR) is 86.4 cm³/mol. The normalized spacial score (nSPS) is 12.0. The fourth-order valence-corrected chi connectivity index (χ4v) is 3.78. The average molecular weight is 313 g/mol. The zero-order valence-electron chi connectivity index (χ0n) is 13.1. The van der Waals surface area contributed by atoms with Crippen molar-refractivity contribution in [2.45, 2.75) is 51.9 Å². The van der Waals surface area contributed by atoms with E-state index in [1.807, 2.05) is 0 Å². The summed E-state index contributed by atoms with van der Waals surface area (Å²) in [5.41, 5.74) is 1.48. The van der Waals surface area contributed by atoms with Gasteiger partial charge < -0.3 is 5.11 Å². The zero-order chi connectivity index (χ0) is 15.7. The molecule has 1 N–H and O–H groups in total. The Hall–Kier alpha value is -0.910. The topological polar surface area (TPSA) is 57.6 Å². The second-order valence-electron chi connectivity index (χ2n) is 5.34. The molecule has 120 valence electrons. The van der Waals surface area contributed by atoms with Crippen LogP contribution in [0.25, 0.3) is 0 Å².